The summed E-state index contributed by atoms with van der Waals surface area (Å²) in [4.78, 5) is 2.40. The molecule has 0 bridgehead atoms. The lowest BCUT2D eigenvalue weighted by molar-refractivity contribution is 0.103. The predicted molar refractivity (Wildman–Crippen MR) is 44.5 cm³/mol. The molecule has 0 aromatic rings. The summed E-state index contributed by atoms with van der Waals surface area (Å²) in [5.74, 6) is 0. The van der Waals surface area contributed by atoms with Gasteiger partial charge in [0.05, 0.1) is 12.1 Å². The van der Waals surface area contributed by atoms with Crippen LogP contribution in [0.3, 0.4) is 0 Å². The Morgan fingerprint density at radius 1 is 1.36 bits per heavy atom. The molecule has 0 spiro atoms. The lowest BCUT2D eigenvalue weighted by atomic mass is 10.0. The Hall–Kier alpha value is -0.600. The maximum Gasteiger partial charge on any atom is 0.0819 e. The number of hydrogen-bond donors (Lipinski definition) is 0. The van der Waals surface area contributed by atoms with Crippen LogP contribution in [0.2, 0.25) is 0 Å². The first-order chi connectivity index (χ1) is 5.37. The van der Waals surface area contributed by atoms with Crippen LogP contribution in [0.15, 0.2) is 24.3 Å². The second-order valence-electron chi connectivity index (χ2n) is 3.13. The Balaban J connectivity index is 2.19. The van der Waals surface area contributed by atoms with Gasteiger partial charge < -0.3 is 4.74 Å². The lowest BCUT2D eigenvalue weighted by Gasteiger charge is -2.29. The molecule has 0 amide bonds. The van der Waals surface area contributed by atoms with Gasteiger partial charge in [-0.3, -0.25) is 4.90 Å². The van der Waals surface area contributed by atoms with Gasteiger partial charge in [0.15, 0.2) is 0 Å². The molecule has 2 aliphatic heterocycles. The van der Waals surface area contributed by atoms with Crippen molar-refractivity contribution in [3.8, 4) is 0 Å². The zero-order valence-electron chi connectivity index (χ0n) is 6.79. The second-order valence-corrected chi connectivity index (χ2v) is 3.13. The van der Waals surface area contributed by atoms with E-state index in [4.69, 9.17) is 4.74 Å². The van der Waals surface area contributed by atoms with Crippen LogP contribution >= 0.6 is 0 Å². The van der Waals surface area contributed by atoms with Gasteiger partial charge in [0, 0.05) is 20.2 Å². The van der Waals surface area contributed by atoms with Crippen molar-refractivity contribution in [2.75, 3.05) is 26.8 Å². The molecule has 2 nitrogen and oxygen atoms in total. The van der Waals surface area contributed by atoms with Gasteiger partial charge >= 0.3 is 0 Å². The number of rotatable bonds is 2. The first kappa shape index (κ1) is 7.07. The van der Waals surface area contributed by atoms with Crippen molar-refractivity contribution in [3.05, 3.63) is 24.3 Å². The van der Waals surface area contributed by atoms with E-state index in [0.29, 0.717) is 0 Å². The zero-order valence-corrected chi connectivity index (χ0v) is 6.79. The van der Waals surface area contributed by atoms with Crippen LogP contribution in [-0.2, 0) is 4.74 Å². The topological polar surface area (TPSA) is 12.5 Å². The smallest absolute Gasteiger partial charge is 0.0819 e. The molecule has 11 heavy (non-hydrogen) atoms. The first-order valence-electron chi connectivity index (χ1n) is 3.97. The molecular formula is C9H13NO. The maximum absolute atomic E-state index is 5.19. The van der Waals surface area contributed by atoms with Crippen molar-refractivity contribution in [3.63, 3.8) is 0 Å². The van der Waals surface area contributed by atoms with E-state index in [0.717, 1.165) is 19.7 Å². The molecule has 0 atom stereocenters. The predicted octanol–water partition coefficient (Wildman–Crippen LogP) is 0.813. The monoisotopic (exact) mass is 151 g/mol. The third-order valence-corrected chi connectivity index (χ3v) is 2.43. The van der Waals surface area contributed by atoms with E-state index >= 15 is 0 Å². The van der Waals surface area contributed by atoms with Crippen LogP contribution in [0.5, 0.6) is 0 Å². The fraction of sp³-hybridized carbons (Fsp3) is 0.556. The molecule has 0 N–H and O–H groups in total. The first-order valence-corrected chi connectivity index (χ1v) is 3.97. The molecule has 2 rings (SSSR count). The molecule has 2 aliphatic rings. The molecule has 0 saturated carbocycles. The molecule has 0 fully saturated rings. The van der Waals surface area contributed by atoms with E-state index in [1.54, 1.807) is 7.11 Å². The molecule has 0 aromatic heterocycles. The summed E-state index contributed by atoms with van der Waals surface area (Å²) in [5.41, 5.74) is 0.106. The maximum atomic E-state index is 5.19. The van der Waals surface area contributed by atoms with E-state index in [1.807, 2.05) is 0 Å². The van der Waals surface area contributed by atoms with Crippen molar-refractivity contribution in [2.45, 2.75) is 5.54 Å². The Kier molecular flexibility index (Phi) is 1.59. The van der Waals surface area contributed by atoms with Gasteiger partial charge in [0.2, 0.25) is 0 Å². The normalized spacial score (nSPS) is 26.3. The van der Waals surface area contributed by atoms with Gasteiger partial charge in [-0.25, -0.2) is 0 Å². The Bertz CT molecular complexity index is 192. The number of fused-ring (bicyclic) bond motifs is 1. The highest BCUT2D eigenvalue weighted by atomic mass is 16.5. The lowest BCUT2D eigenvalue weighted by Crippen LogP contribution is -2.42. The minimum absolute atomic E-state index is 0.106. The second kappa shape index (κ2) is 2.47. The summed E-state index contributed by atoms with van der Waals surface area (Å²) >= 11 is 0. The fourth-order valence-electron chi connectivity index (χ4n) is 1.87. The van der Waals surface area contributed by atoms with Crippen LogP contribution in [0.4, 0.5) is 0 Å². The highest BCUT2D eigenvalue weighted by Crippen LogP contribution is 2.28. The summed E-state index contributed by atoms with van der Waals surface area (Å²) < 4.78 is 5.19. The Morgan fingerprint density at radius 2 is 2.00 bits per heavy atom. The molecule has 0 radical (unpaired) electrons. The molecule has 60 valence electrons. The highest BCUT2D eigenvalue weighted by molar-refractivity contribution is 5.29. The number of methoxy groups -OCH3 is 1. The van der Waals surface area contributed by atoms with E-state index in [9.17, 15) is 0 Å². The van der Waals surface area contributed by atoms with Crippen molar-refractivity contribution in [1.82, 2.24) is 4.90 Å². The van der Waals surface area contributed by atoms with Gasteiger partial charge in [-0.2, -0.15) is 0 Å². The van der Waals surface area contributed by atoms with Crippen LogP contribution in [0.25, 0.3) is 0 Å². The van der Waals surface area contributed by atoms with E-state index in [1.165, 1.54) is 0 Å². The molecule has 2 heteroatoms. The molecule has 2 heterocycles. The van der Waals surface area contributed by atoms with Crippen molar-refractivity contribution < 1.29 is 4.74 Å². The van der Waals surface area contributed by atoms with E-state index < -0.39 is 0 Å². The summed E-state index contributed by atoms with van der Waals surface area (Å²) in [7, 11) is 1.76. The van der Waals surface area contributed by atoms with Crippen LogP contribution in [0.1, 0.15) is 0 Å². The minimum atomic E-state index is 0.106. The summed E-state index contributed by atoms with van der Waals surface area (Å²) in [6.45, 7) is 2.91. The van der Waals surface area contributed by atoms with Gasteiger partial charge in [0.25, 0.3) is 0 Å². The molecule has 0 aromatic carbocycles. The Morgan fingerprint density at radius 3 is 2.55 bits per heavy atom. The number of nitrogens with zero attached hydrogens (tertiary/aromatic N) is 1. The summed E-state index contributed by atoms with van der Waals surface area (Å²) in [6, 6.07) is 0. The van der Waals surface area contributed by atoms with Gasteiger partial charge in [-0.1, -0.05) is 24.3 Å². The average Bonchev–Trinajstić information content (AvgIpc) is 2.45. The number of hydrogen-bond acceptors (Lipinski definition) is 2. The van der Waals surface area contributed by atoms with E-state index in [2.05, 4.69) is 29.2 Å². The fourth-order valence-corrected chi connectivity index (χ4v) is 1.87. The van der Waals surface area contributed by atoms with Crippen molar-refractivity contribution in [2.24, 2.45) is 0 Å². The van der Waals surface area contributed by atoms with Crippen LogP contribution in [0, 0.1) is 0 Å². The number of ether oxygens (including phenoxy) is 1. The largest absolute Gasteiger partial charge is 0.382 e. The molecule has 0 unspecified atom stereocenters. The molecule has 0 aliphatic carbocycles. The summed E-state index contributed by atoms with van der Waals surface area (Å²) in [5, 5.41) is 0. The van der Waals surface area contributed by atoms with Gasteiger partial charge in [-0.15, -0.1) is 0 Å². The quantitative estimate of drug-likeness (QED) is 0.542. The van der Waals surface area contributed by atoms with Gasteiger partial charge in [0.1, 0.15) is 0 Å². The molecule has 0 saturated heterocycles. The van der Waals surface area contributed by atoms with E-state index in [-0.39, 0.29) is 5.54 Å². The van der Waals surface area contributed by atoms with Crippen molar-refractivity contribution >= 4 is 0 Å². The SMILES string of the molecule is COCC12C=CCN1CC=C2. The van der Waals surface area contributed by atoms with Gasteiger partial charge in [-0.05, 0) is 0 Å². The highest BCUT2D eigenvalue weighted by Gasteiger charge is 2.37. The average molecular weight is 151 g/mol. The Labute approximate surface area is 67.1 Å². The van der Waals surface area contributed by atoms with Crippen LogP contribution < -0.4 is 0 Å². The zero-order chi connectivity index (χ0) is 7.73. The standard InChI is InChI=1S/C9H13NO/c1-11-8-9-4-2-6-10(9)7-3-5-9/h2-5H,6-8H2,1H3. The summed E-state index contributed by atoms with van der Waals surface area (Å²) in [6.07, 6.45) is 8.89. The van der Waals surface area contributed by atoms with Crippen LogP contribution in [-0.4, -0.2) is 37.2 Å². The minimum Gasteiger partial charge on any atom is -0.382 e. The molecular weight excluding hydrogens is 138 g/mol. The third kappa shape index (κ3) is 0.940. The van der Waals surface area contributed by atoms with Crippen molar-refractivity contribution in [1.29, 1.82) is 0 Å². The third-order valence-electron chi connectivity index (χ3n) is 2.43.